The van der Waals surface area contributed by atoms with Crippen molar-refractivity contribution < 1.29 is 14.3 Å². The first-order valence-electron chi connectivity index (χ1n) is 7.43. The number of benzene rings is 2. The Labute approximate surface area is 145 Å². The number of hydrogen-bond acceptors (Lipinski definition) is 3. The van der Waals surface area contributed by atoms with E-state index in [2.05, 4.69) is 5.32 Å². The van der Waals surface area contributed by atoms with Gasteiger partial charge in [-0.1, -0.05) is 54.1 Å². The van der Waals surface area contributed by atoms with Gasteiger partial charge in [-0.15, -0.1) is 0 Å². The molecule has 0 aliphatic rings. The monoisotopic (exact) mass is 346 g/mol. The molecule has 0 spiro atoms. The fourth-order valence-corrected chi connectivity index (χ4v) is 2.61. The molecule has 6 heteroatoms. The summed E-state index contributed by atoms with van der Waals surface area (Å²) in [5, 5.41) is 3.21. The van der Waals surface area contributed by atoms with Gasteiger partial charge in [0.05, 0.1) is 0 Å². The van der Waals surface area contributed by atoms with E-state index in [1.165, 1.54) is 7.11 Å². The summed E-state index contributed by atoms with van der Waals surface area (Å²) in [7, 11) is 1.44. The van der Waals surface area contributed by atoms with Crippen LogP contribution in [-0.4, -0.2) is 25.0 Å². The van der Waals surface area contributed by atoms with Crippen LogP contribution in [0.5, 0.6) is 0 Å². The molecular formula is C18H19ClN2O3. The van der Waals surface area contributed by atoms with Crippen LogP contribution in [0, 0.1) is 0 Å². The van der Waals surface area contributed by atoms with Crippen LogP contribution < -0.4 is 11.1 Å². The predicted octanol–water partition coefficient (Wildman–Crippen LogP) is 2.24. The van der Waals surface area contributed by atoms with Crippen molar-refractivity contribution in [3.05, 3.63) is 70.7 Å². The Morgan fingerprint density at radius 2 is 1.88 bits per heavy atom. The number of halogens is 1. The average Bonchev–Trinajstić information content (AvgIpc) is 2.56. The Kier molecular flexibility index (Phi) is 6.35. The number of nitrogens with one attached hydrogen (secondary N) is 1. The number of carbonyl (C=O) groups excluding carboxylic acids is 2. The second-order valence-electron chi connectivity index (χ2n) is 5.32. The van der Waals surface area contributed by atoms with Crippen molar-refractivity contribution in [3.8, 4) is 0 Å². The fourth-order valence-electron chi connectivity index (χ4n) is 2.39. The lowest BCUT2D eigenvalue weighted by Crippen LogP contribution is -2.47. The number of primary amides is 1. The Morgan fingerprint density at radius 1 is 1.17 bits per heavy atom. The minimum absolute atomic E-state index is 0.257. The molecule has 0 aliphatic carbocycles. The zero-order valence-corrected chi connectivity index (χ0v) is 14.0. The standard InChI is InChI=1S/C18H19ClN2O3/c1-24-16(13-7-3-2-4-8-13)18(23)21-15(17(20)22)11-12-6-5-9-14(19)10-12/h2-10,15-16H,11H2,1H3,(H2,20,22)(H,21,23)/t15-,16+/m0/s1. The summed E-state index contributed by atoms with van der Waals surface area (Å²) in [4.78, 5) is 24.2. The van der Waals surface area contributed by atoms with E-state index < -0.39 is 24.0 Å². The second-order valence-corrected chi connectivity index (χ2v) is 5.76. The summed E-state index contributed by atoms with van der Waals surface area (Å²) in [6, 6.07) is 15.2. The highest BCUT2D eigenvalue weighted by atomic mass is 35.5. The first-order valence-corrected chi connectivity index (χ1v) is 7.81. The van der Waals surface area contributed by atoms with Gasteiger partial charge in [0.25, 0.3) is 5.91 Å². The SMILES string of the molecule is CO[C@@H](C(=O)N[C@@H](Cc1cccc(Cl)c1)C(N)=O)c1ccccc1. The van der Waals surface area contributed by atoms with Crippen LogP contribution in [0.4, 0.5) is 0 Å². The maximum Gasteiger partial charge on any atom is 0.254 e. The van der Waals surface area contributed by atoms with Gasteiger partial charge in [0.15, 0.2) is 6.10 Å². The number of nitrogens with two attached hydrogens (primary N) is 1. The van der Waals surface area contributed by atoms with Gasteiger partial charge in [0.1, 0.15) is 6.04 Å². The molecule has 2 atom stereocenters. The van der Waals surface area contributed by atoms with E-state index in [1.54, 1.807) is 30.3 Å². The second kappa shape index (κ2) is 8.47. The molecule has 0 radical (unpaired) electrons. The number of rotatable bonds is 7. The topological polar surface area (TPSA) is 81.4 Å². The third-order valence-electron chi connectivity index (χ3n) is 3.56. The Bertz CT molecular complexity index is 706. The molecular weight excluding hydrogens is 328 g/mol. The summed E-state index contributed by atoms with van der Waals surface area (Å²) in [5.41, 5.74) is 6.93. The number of carbonyl (C=O) groups is 2. The molecule has 2 amide bonds. The number of amides is 2. The first kappa shape index (κ1) is 18.0. The van der Waals surface area contributed by atoms with Gasteiger partial charge < -0.3 is 15.8 Å². The smallest absolute Gasteiger partial charge is 0.254 e. The summed E-state index contributed by atoms with van der Waals surface area (Å²) in [6.07, 6.45) is -0.556. The zero-order chi connectivity index (χ0) is 17.5. The quantitative estimate of drug-likeness (QED) is 0.806. The van der Waals surface area contributed by atoms with Crippen LogP contribution >= 0.6 is 11.6 Å². The van der Waals surface area contributed by atoms with Crippen molar-refractivity contribution in [2.75, 3.05) is 7.11 Å². The minimum Gasteiger partial charge on any atom is -0.368 e. The summed E-state index contributed by atoms with van der Waals surface area (Å²) in [5.74, 6) is -1.04. The normalized spacial score (nSPS) is 13.1. The highest BCUT2D eigenvalue weighted by molar-refractivity contribution is 6.30. The van der Waals surface area contributed by atoms with Crippen molar-refractivity contribution in [2.45, 2.75) is 18.6 Å². The van der Waals surface area contributed by atoms with E-state index in [0.717, 1.165) is 5.56 Å². The van der Waals surface area contributed by atoms with Gasteiger partial charge in [-0.3, -0.25) is 9.59 Å². The Hall–Kier alpha value is -2.37. The van der Waals surface area contributed by atoms with Crippen molar-refractivity contribution in [1.82, 2.24) is 5.32 Å². The third-order valence-corrected chi connectivity index (χ3v) is 3.80. The maximum absolute atomic E-state index is 12.5. The molecule has 0 saturated heterocycles. The van der Waals surface area contributed by atoms with E-state index in [9.17, 15) is 9.59 Å². The van der Waals surface area contributed by atoms with Crippen molar-refractivity contribution in [2.24, 2.45) is 5.73 Å². The largest absolute Gasteiger partial charge is 0.368 e. The highest BCUT2D eigenvalue weighted by Gasteiger charge is 2.25. The predicted molar refractivity (Wildman–Crippen MR) is 92.5 cm³/mol. The molecule has 0 bridgehead atoms. The van der Waals surface area contributed by atoms with Crippen molar-refractivity contribution in [3.63, 3.8) is 0 Å². The van der Waals surface area contributed by atoms with Gasteiger partial charge in [-0.25, -0.2) is 0 Å². The molecule has 2 aromatic carbocycles. The molecule has 0 heterocycles. The van der Waals surface area contributed by atoms with E-state index in [-0.39, 0.29) is 6.42 Å². The Balaban J connectivity index is 2.11. The third kappa shape index (κ3) is 4.81. The van der Waals surface area contributed by atoms with Crippen LogP contribution in [-0.2, 0) is 20.7 Å². The number of ether oxygens (including phenoxy) is 1. The van der Waals surface area contributed by atoms with Crippen LogP contribution in [0.25, 0.3) is 0 Å². The molecule has 24 heavy (non-hydrogen) atoms. The van der Waals surface area contributed by atoms with Gasteiger partial charge in [0, 0.05) is 18.6 Å². The van der Waals surface area contributed by atoms with Crippen molar-refractivity contribution >= 4 is 23.4 Å². The lowest BCUT2D eigenvalue weighted by molar-refractivity contribution is -0.134. The minimum atomic E-state index is -0.850. The van der Waals surface area contributed by atoms with Crippen LogP contribution in [0.1, 0.15) is 17.2 Å². The van der Waals surface area contributed by atoms with Crippen molar-refractivity contribution in [1.29, 1.82) is 0 Å². The molecule has 0 unspecified atom stereocenters. The molecule has 2 aromatic rings. The summed E-state index contributed by atoms with van der Waals surface area (Å²) in [6.45, 7) is 0. The molecule has 0 fully saturated rings. The van der Waals surface area contributed by atoms with Gasteiger partial charge >= 0.3 is 0 Å². The van der Waals surface area contributed by atoms with Crippen LogP contribution in [0.3, 0.4) is 0 Å². The molecule has 3 N–H and O–H groups in total. The maximum atomic E-state index is 12.5. The lowest BCUT2D eigenvalue weighted by atomic mass is 10.0. The van der Waals surface area contributed by atoms with Gasteiger partial charge in [0.2, 0.25) is 5.91 Å². The molecule has 0 aliphatic heterocycles. The van der Waals surface area contributed by atoms with E-state index >= 15 is 0 Å². The van der Waals surface area contributed by atoms with E-state index in [0.29, 0.717) is 10.6 Å². The molecule has 0 saturated carbocycles. The number of hydrogen-bond donors (Lipinski definition) is 2. The lowest BCUT2D eigenvalue weighted by Gasteiger charge is -2.20. The van der Waals surface area contributed by atoms with E-state index in [4.69, 9.17) is 22.1 Å². The summed E-state index contributed by atoms with van der Waals surface area (Å²) < 4.78 is 5.26. The van der Waals surface area contributed by atoms with Gasteiger partial charge in [-0.2, -0.15) is 0 Å². The molecule has 5 nitrogen and oxygen atoms in total. The Morgan fingerprint density at radius 3 is 2.46 bits per heavy atom. The van der Waals surface area contributed by atoms with E-state index in [1.807, 2.05) is 24.3 Å². The summed E-state index contributed by atoms with van der Waals surface area (Å²) >= 11 is 5.94. The molecule has 2 rings (SSSR count). The number of methoxy groups -OCH3 is 1. The van der Waals surface area contributed by atoms with Gasteiger partial charge in [-0.05, 0) is 23.3 Å². The fraction of sp³-hybridized carbons (Fsp3) is 0.222. The van der Waals surface area contributed by atoms with Crippen LogP contribution in [0.15, 0.2) is 54.6 Å². The zero-order valence-electron chi connectivity index (χ0n) is 13.2. The highest BCUT2D eigenvalue weighted by Crippen LogP contribution is 2.17. The molecule has 126 valence electrons. The molecule has 0 aromatic heterocycles. The first-order chi connectivity index (χ1) is 11.5. The van der Waals surface area contributed by atoms with Crippen LogP contribution in [0.2, 0.25) is 5.02 Å². The average molecular weight is 347 g/mol.